The number of rotatable bonds is 5. The van der Waals surface area contributed by atoms with Gasteiger partial charge in [0.2, 0.25) is 5.91 Å². The number of hydrogen-bond acceptors (Lipinski definition) is 6. The first kappa shape index (κ1) is 23.9. The molecular formula is C26H34N4O4. The molecule has 8 nitrogen and oxygen atoms in total. The molecule has 1 fully saturated rings. The van der Waals surface area contributed by atoms with Gasteiger partial charge in [0.25, 0.3) is 0 Å². The molecule has 4 rings (SSSR count). The van der Waals surface area contributed by atoms with Crippen molar-refractivity contribution >= 4 is 29.2 Å². The van der Waals surface area contributed by atoms with E-state index in [9.17, 15) is 9.59 Å². The summed E-state index contributed by atoms with van der Waals surface area (Å²) in [5, 5.41) is 3.37. The lowest BCUT2D eigenvalue weighted by molar-refractivity contribution is -0.117. The number of ether oxygens (including phenoxy) is 2. The Labute approximate surface area is 201 Å². The SMILES string of the molecule is COc1ccc(Nc2cc3c(cn2)CC(=O)N3CC2CCN(C(=O)OC(C)(C)C)CC2)c(C)c1. The number of benzene rings is 1. The summed E-state index contributed by atoms with van der Waals surface area (Å²) in [5.41, 5.74) is 3.37. The lowest BCUT2D eigenvalue weighted by Crippen LogP contribution is -2.44. The van der Waals surface area contributed by atoms with Gasteiger partial charge in [0.1, 0.15) is 17.2 Å². The van der Waals surface area contributed by atoms with Crippen LogP contribution in [0.25, 0.3) is 0 Å². The first-order chi connectivity index (χ1) is 16.1. The van der Waals surface area contributed by atoms with E-state index in [0.717, 1.165) is 41.1 Å². The number of piperidine rings is 1. The summed E-state index contributed by atoms with van der Waals surface area (Å²) in [7, 11) is 1.65. The lowest BCUT2D eigenvalue weighted by atomic mass is 9.96. The van der Waals surface area contributed by atoms with Crippen LogP contribution >= 0.6 is 0 Å². The predicted molar refractivity (Wildman–Crippen MR) is 132 cm³/mol. The zero-order valence-corrected chi connectivity index (χ0v) is 20.7. The number of carbonyl (C=O) groups is 2. The Hall–Kier alpha value is -3.29. The molecule has 2 aliphatic rings. The third kappa shape index (κ3) is 5.43. The number of carbonyl (C=O) groups excluding carboxylic acids is 2. The summed E-state index contributed by atoms with van der Waals surface area (Å²) < 4.78 is 10.8. The number of hydrogen-bond donors (Lipinski definition) is 1. The van der Waals surface area contributed by atoms with Gasteiger partial charge in [-0.1, -0.05) is 0 Å². The van der Waals surface area contributed by atoms with E-state index in [4.69, 9.17) is 9.47 Å². The molecule has 2 aliphatic heterocycles. The van der Waals surface area contributed by atoms with Gasteiger partial charge in [-0.2, -0.15) is 0 Å². The van der Waals surface area contributed by atoms with Crippen LogP contribution in [0.5, 0.6) is 5.75 Å². The fourth-order valence-electron chi connectivity index (χ4n) is 4.45. The van der Waals surface area contributed by atoms with Crippen molar-refractivity contribution in [3.63, 3.8) is 0 Å². The second-order valence-electron chi connectivity index (χ2n) is 10.1. The average Bonchev–Trinajstić information content (AvgIpc) is 3.09. The van der Waals surface area contributed by atoms with Crippen LogP contribution in [0, 0.1) is 12.8 Å². The summed E-state index contributed by atoms with van der Waals surface area (Å²) >= 11 is 0. The summed E-state index contributed by atoms with van der Waals surface area (Å²) in [6, 6.07) is 7.79. The van der Waals surface area contributed by atoms with Crippen molar-refractivity contribution in [3.8, 4) is 5.75 Å². The zero-order chi connectivity index (χ0) is 24.5. The topological polar surface area (TPSA) is 84.0 Å². The number of amides is 2. The lowest BCUT2D eigenvalue weighted by Gasteiger charge is -2.35. The fourth-order valence-corrected chi connectivity index (χ4v) is 4.45. The number of anilines is 3. The Balaban J connectivity index is 1.41. The normalized spacial score (nSPS) is 16.4. The summed E-state index contributed by atoms with van der Waals surface area (Å²) in [5.74, 6) is 1.94. The first-order valence-corrected chi connectivity index (χ1v) is 11.8. The highest BCUT2D eigenvalue weighted by molar-refractivity contribution is 6.01. The zero-order valence-electron chi connectivity index (χ0n) is 20.7. The van der Waals surface area contributed by atoms with Crippen molar-refractivity contribution in [3.05, 3.63) is 41.6 Å². The molecule has 182 valence electrons. The monoisotopic (exact) mass is 466 g/mol. The summed E-state index contributed by atoms with van der Waals surface area (Å²) in [4.78, 5) is 33.3. The van der Waals surface area contributed by atoms with Crippen molar-refractivity contribution in [2.45, 2.75) is 52.6 Å². The third-order valence-electron chi connectivity index (χ3n) is 6.30. The van der Waals surface area contributed by atoms with Gasteiger partial charge >= 0.3 is 6.09 Å². The van der Waals surface area contributed by atoms with Gasteiger partial charge in [0.05, 0.1) is 19.2 Å². The van der Waals surface area contributed by atoms with Gasteiger partial charge in [-0.3, -0.25) is 4.79 Å². The minimum atomic E-state index is -0.496. The minimum Gasteiger partial charge on any atom is -0.497 e. The van der Waals surface area contributed by atoms with E-state index < -0.39 is 5.60 Å². The number of nitrogens with zero attached hydrogens (tertiary/aromatic N) is 3. The molecule has 1 saturated heterocycles. The van der Waals surface area contributed by atoms with Crippen LogP contribution < -0.4 is 15.0 Å². The summed E-state index contributed by atoms with van der Waals surface area (Å²) in [6.45, 7) is 9.59. The van der Waals surface area contributed by atoms with Crippen LogP contribution in [0.4, 0.5) is 22.0 Å². The maximum atomic E-state index is 12.8. The van der Waals surface area contributed by atoms with Gasteiger partial charge in [0.15, 0.2) is 0 Å². The van der Waals surface area contributed by atoms with Crippen molar-refractivity contribution in [2.75, 3.05) is 37.0 Å². The molecule has 0 bridgehead atoms. The molecule has 8 heteroatoms. The maximum Gasteiger partial charge on any atom is 0.410 e. The van der Waals surface area contributed by atoms with Crippen LogP contribution in [0.3, 0.4) is 0 Å². The van der Waals surface area contributed by atoms with Gasteiger partial charge in [-0.25, -0.2) is 9.78 Å². The van der Waals surface area contributed by atoms with Crippen molar-refractivity contribution < 1.29 is 19.1 Å². The maximum absolute atomic E-state index is 12.8. The highest BCUT2D eigenvalue weighted by Crippen LogP contribution is 2.34. The van der Waals surface area contributed by atoms with E-state index in [2.05, 4.69) is 10.3 Å². The predicted octanol–water partition coefficient (Wildman–Crippen LogP) is 4.68. The second kappa shape index (κ2) is 9.52. The Morgan fingerprint density at radius 2 is 1.94 bits per heavy atom. The highest BCUT2D eigenvalue weighted by atomic mass is 16.6. The third-order valence-corrected chi connectivity index (χ3v) is 6.30. The molecular weight excluding hydrogens is 432 g/mol. The molecule has 1 aromatic heterocycles. The van der Waals surface area contributed by atoms with E-state index in [1.54, 1.807) is 18.2 Å². The molecule has 2 amide bonds. The molecule has 0 unspecified atom stereocenters. The largest absolute Gasteiger partial charge is 0.497 e. The van der Waals surface area contributed by atoms with Gasteiger partial charge < -0.3 is 24.6 Å². The number of aromatic nitrogens is 1. The Morgan fingerprint density at radius 1 is 1.21 bits per heavy atom. The van der Waals surface area contributed by atoms with Crippen LogP contribution in [-0.4, -0.2) is 54.2 Å². The number of likely N-dealkylation sites (tertiary alicyclic amines) is 1. The number of pyridine rings is 1. The second-order valence-corrected chi connectivity index (χ2v) is 10.1. The molecule has 0 aliphatic carbocycles. The molecule has 0 radical (unpaired) electrons. The molecule has 0 atom stereocenters. The quantitative estimate of drug-likeness (QED) is 0.689. The average molecular weight is 467 g/mol. The standard InChI is InChI=1S/C26H34N4O4/c1-17-12-20(33-5)6-7-21(17)28-23-14-22-19(15-27-23)13-24(31)30(22)16-18-8-10-29(11-9-18)25(32)34-26(2,3)4/h6-7,12,14-15,18H,8-11,13,16H2,1-5H3,(H,27,28). The van der Waals surface area contributed by atoms with E-state index in [1.165, 1.54) is 0 Å². The van der Waals surface area contributed by atoms with Gasteiger partial charge in [0, 0.05) is 43.1 Å². The molecule has 3 heterocycles. The molecule has 1 aromatic carbocycles. The molecule has 0 saturated carbocycles. The van der Waals surface area contributed by atoms with Crippen LogP contribution in [0.2, 0.25) is 0 Å². The van der Waals surface area contributed by atoms with E-state index >= 15 is 0 Å². The molecule has 34 heavy (non-hydrogen) atoms. The van der Waals surface area contributed by atoms with Crippen molar-refractivity contribution in [1.82, 2.24) is 9.88 Å². The minimum absolute atomic E-state index is 0.101. The van der Waals surface area contributed by atoms with E-state index in [1.807, 2.05) is 56.9 Å². The van der Waals surface area contributed by atoms with Crippen LogP contribution in [0.15, 0.2) is 30.5 Å². The first-order valence-electron chi connectivity index (χ1n) is 11.8. The number of fused-ring (bicyclic) bond motifs is 1. The highest BCUT2D eigenvalue weighted by Gasteiger charge is 2.33. The van der Waals surface area contributed by atoms with E-state index in [-0.39, 0.29) is 12.0 Å². The van der Waals surface area contributed by atoms with Gasteiger partial charge in [-0.15, -0.1) is 0 Å². The van der Waals surface area contributed by atoms with Crippen molar-refractivity contribution in [1.29, 1.82) is 0 Å². The van der Waals surface area contributed by atoms with Crippen molar-refractivity contribution in [2.24, 2.45) is 5.92 Å². The number of nitrogens with one attached hydrogen (secondary N) is 1. The number of methoxy groups -OCH3 is 1. The Bertz CT molecular complexity index is 1070. The Kier molecular flexibility index (Phi) is 6.68. The Morgan fingerprint density at radius 3 is 2.59 bits per heavy atom. The van der Waals surface area contributed by atoms with E-state index in [0.29, 0.717) is 37.8 Å². The summed E-state index contributed by atoms with van der Waals surface area (Å²) in [6.07, 6.45) is 3.60. The molecule has 1 N–H and O–H groups in total. The fraction of sp³-hybridized carbons (Fsp3) is 0.500. The number of aryl methyl sites for hydroxylation is 1. The molecule has 2 aromatic rings. The van der Waals surface area contributed by atoms with Crippen LogP contribution in [0.1, 0.15) is 44.7 Å². The smallest absolute Gasteiger partial charge is 0.410 e. The van der Waals surface area contributed by atoms with Crippen LogP contribution in [-0.2, 0) is 16.0 Å². The molecule has 0 spiro atoms. The van der Waals surface area contributed by atoms with Gasteiger partial charge in [-0.05, 0) is 70.2 Å².